The van der Waals surface area contributed by atoms with Crippen LogP contribution in [0.5, 0.6) is 0 Å². The van der Waals surface area contributed by atoms with E-state index in [0.29, 0.717) is 11.3 Å². The summed E-state index contributed by atoms with van der Waals surface area (Å²) >= 11 is 0. The summed E-state index contributed by atoms with van der Waals surface area (Å²) in [5.41, 5.74) is 13.0. The van der Waals surface area contributed by atoms with Crippen molar-refractivity contribution in [3.05, 3.63) is 28.3 Å². The summed E-state index contributed by atoms with van der Waals surface area (Å²) in [6, 6.07) is 2.34. The summed E-state index contributed by atoms with van der Waals surface area (Å²) in [4.78, 5) is 0. The van der Waals surface area contributed by atoms with Crippen LogP contribution in [0, 0.1) is 13.8 Å². The van der Waals surface area contributed by atoms with E-state index in [-0.39, 0.29) is 0 Å². The molecule has 0 amide bonds. The lowest BCUT2D eigenvalue weighted by atomic mass is 9.85. The molecule has 0 saturated carbocycles. The van der Waals surface area contributed by atoms with Gasteiger partial charge >= 0.3 is 0 Å². The van der Waals surface area contributed by atoms with Crippen molar-refractivity contribution < 1.29 is 0 Å². The van der Waals surface area contributed by atoms with E-state index in [9.17, 15) is 0 Å². The van der Waals surface area contributed by atoms with Gasteiger partial charge in [0, 0.05) is 5.69 Å². The van der Waals surface area contributed by atoms with Crippen LogP contribution in [0.1, 0.15) is 55.4 Å². The van der Waals surface area contributed by atoms with Gasteiger partial charge in [-0.05, 0) is 53.9 Å². The lowest BCUT2D eigenvalue weighted by Crippen LogP contribution is -2.12. The molecule has 1 aliphatic rings. The molecule has 0 fully saturated rings. The second-order valence-electron chi connectivity index (χ2n) is 5.68. The van der Waals surface area contributed by atoms with E-state index in [1.165, 1.54) is 28.7 Å². The van der Waals surface area contributed by atoms with Crippen molar-refractivity contribution in [2.45, 2.75) is 52.4 Å². The molecule has 15 heavy (non-hydrogen) atoms. The van der Waals surface area contributed by atoms with Crippen molar-refractivity contribution in [3.63, 3.8) is 0 Å². The Balaban J connectivity index is 2.75. The maximum atomic E-state index is 6.25. The Morgan fingerprint density at radius 1 is 1.33 bits per heavy atom. The van der Waals surface area contributed by atoms with Crippen LogP contribution < -0.4 is 5.73 Å². The molecular formula is C14H21N. The van der Waals surface area contributed by atoms with Gasteiger partial charge in [-0.25, -0.2) is 0 Å². The highest BCUT2D eigenvalue weighted by atomic mass is 14.6. The van der Waals surface area contributed by atoms with Gasteiger partial charge in [0.25, 0.3) is 0 Å². The standard InChI is InChI=1S/C14H21N/c1-8-6-11-12(13(15)10(8)3)9(2)7-14(11,4)5/h6,9H,7,15H2,1-5H3. The molecule has 2 N–H and O–H groups in total. The lowest BCUT2D eigenvalue weighted by molar-refractivity contribution is 0.489. The summed E-state index contributed by atoms with van der Waals surface area (Å²) in [5, 5.41) is 0. The van der Waals surface area contributed by atoms with Crippen LogP contribution in [-0.2, 0) is 5.41 Å². The zero-order valence-electron chi connectivity index (χ0n) is 10.4. The van der Waals surface area contributed by atoms with E-state index < -0.39 is 0 Å². The molecule has 2 rings (SSSR count). The number of aryl methyl sites for hydroxylation is 1. The van der Waals surface area contributed by atoms with Gasteiger partial charge in [0.2, 0.25) is 0 Å². The van der Waals surface area contributed by atoms with Gasteiger partial charge in [0.05, 0.1) is 0 Å². The van der Waals surface area contributed by atoms with E-state index in [0.717, 1.165) is 5.69 Å². The number of benzene rings is 1. The molecule has 1 nitrogen and oxygen atoms in total. The molecule has 1 aliphatic carbocycles. The second-order valence-corrected chi connectivity index (χ2v) is 5.68. The molecule has 1 aromatic carbocycles. The van der Waals surface area contributed by atoms with Crippen molar-refractivity contribution in [1.29, 1.82) is 0 Å². The van der Waals surface area contributed by atoms with Crippen LogP contribution in [0.4, 0.5) is 5.69 Å². The molecule has 0 aliphatic heterocycles. The first-order chi connectivity index (χ1) is 6.84. The average Bonchev–Trinajstić information content (AvgIpc) is 2.33. The summed E-state index contributed by atoms with van der Waals surface area (Å²) in [5.74, 6) is 0.606. The summed E-state index contributed by atoms with van der Waals surface area (Å²) < 4.78 is 0. The first-order valence-corrected chi connectivity index (χ1v) is 5.74. The van der Waals surface area contributed by atoms with E-state index in [4.69, 9.17) is 5.73 Å². The average molecular weight is 203 g/mol. The molecule has 0 radical (unpaired) electrons. The fourth-order valence-electron chi connectivity index (χ4n) is 3.03. The van der Waals surface area contributed by atoms with Crippen molar-refractivity contribution in [3.8, 4) is 0 Å². The minimum atomic E-state index is 0.293. The predicted molar refractivity (Wildman–Crippen MR) is 66.4 cm³/mol. The van der Waals surface area contributed by atoms with Crippen LogP contribution in [-0.4, -0.2) is 0 Å². The Morgan fingerprint density at radius 2 is 1.93 bits per heavy atom. The molecule has 0 saturated heterocycles. The first-order valence-electron chi connectivity index (χ1n) is 5.74. The minimum Gasteiger partial charge on any atom is -0.398 e. The summed E-state index contributed by atoms with van der Waals surface area (Å²) in [7, 11) is 0. The molecule has 1 unspecified atom stereocenters. The Hall–Kier alpha value is -0.980. The smallest absolute Gasteiger partial charge is 0.0384 e. The van der Waals surface area contributed by atoms with Crippen molar-refractivity contribution in [1.82, 2.24) is 0 Å². The van der Waals surface area contributed by atoms with E-state index in [1.807, 2.05) is 0 Å². The van der Waals surface area contributed by atoms with Gasteiger partial charge in [-0.3, -0.25) is 0 Å². The third-order valence-electron chi connectivity index (χ3n) is 3.98. The van der Waals surface area contributed by atoms with Crippen LogP contribution in [0.25, 0.3) is 0 Å². The lowest BCUT2D eigenvalue weighted by Gasteiger charge is -2.20. The molecule has 82 valence electrons. The maximum absolute atomic E-state index is 6.25. The highest BCUT2D eigenvalue weighted by Gasteiger charge is 2.36. The topological polar surface area (TPSA) is 26.0 Å². The Bertz CT molecular complexity index is 416. The number of hydrogen-bond acceptors (Lipinski definition) is 1. The van der Waals surface area contributed by atoms with Gasteiger partial charge in [0.1, 0.15) is 0 Å². The molecule has 1 aromatic rings. The third-order valence-corrected chi connectivity index (χ3v) is 3.98. The van der Waals surface area contributed by atoms with E-state index in [2.05, 4.69) is 40.7 Å². The Morgan fingerprint density at radius 3 is 2.53 bits per heavy atom. The fourth-order valence-corrected chi connectivity index (χ4v) is 3.03. The van der Waals surface area contributed by atoms with Crippen molar-refractivity contribution >= 4 is 5.69 Å². The quantitative estimate of drug-likeness (QED) is 0.640. The zero-order chi connectivity index (χ0) is 11.4. The maximum Gasteiger partial charge on any atom is 0.0384 e. The first kappa shape index (κ1) is 10.5. The molecule has 1 heteroatoms. The summed E-state index contributed by atoms with van der Waals surface area (Å²) in [6.07, 6.45) is 1.22. The van der Waals surface area contributed by atoms with Gasteiger partial charge < -0.3 is 5.73 Å². The van der Waals surface area contributed by atoms with Gasteiger partial charge in [-0.2, -0.15) is 0 Å². The van der Waals surface area contributed by atoms with Crippen molar-refractivity contribution in [2.75, 3.05) is 5.73 Å². The van der Waals surface area contributed by atoms with Gasteiger partial charge in [-0.1, -0.05) is 26.8 Å². The Labute approximate surface area is 92.7 Å². The molecule has 1 atom stereocenters. The largest absolute Gasteiger partial charge is 0.398 e. The Kier molecular flexibility index (Phi) is 2.11. The minimum absolute atomic E-state index is 0.293. The molecule has 0 heterocycles. The number of nitrogens with two attached hydrogens (primary N) is 1. The van der Waals surface area contributed by atoms with E-state index in [1.54, 1.807) is 0 Å². The van der Waals surface area contributed by atoms with Crippen LogP contribution >= 0.6 is 0 Å². The monoisotopic (exact) mass is 203 g/mol. The molecule has 0 spiro atoms. The number of nitrogen functional groups attached to an aromatic ring is 1. The van der Waals surface area contributed by atoms with Gasteiger partial charge in [0.15, 0.2) is 0 Å². The van der Waals surface area contributed by atoms with E-state index >= 15 is 0 Å². The van der Waals surface area contributed by atoms with Crippen LogP contribution in [0.15, 0.2) is 6.07 Å². The van der Waals surface area contributed by atoms with Crippen molar-refractivity contribution in [2.24, 2.45) is 0 Å². The normalized spacial score (nSPS) is 22.9. The van der Waals surface area contributed by atoms with Gasteiger partial charge in [-0.15, -0.1) is 0 Å². The molecule has 0 aromatic heterocycles. The highest BCUT2D eigenvalue weighted by molar-refractivity contribution is 5.64. The molecular weight excluding hydrogens is 182 g/mol. The third kappa shape index (κ3) is 1.37. The SMILES string of the molecule is Cc1cc2c(c(N)c1C)C(C)CC2(C)C. The predicted octanol–water partition coefficient (Wildman–Crippen LogP) is 3.67. The number of rotatable bonds is 0. The fraction of sp³-hybridized carbons (Fsp3) is 0.571. The number of anilines is 1. The number of hydrogen-bond donors (Lipinski definition) is 1. The highest BCUT2D eigenvalue weighted by Crippen LogP contribution is 2.49. The molecule has 0 bridgehead atoms. The van der Waals surface area contributed by atoms with Crippen LogP contribution in [0.2, 0.25) is 0 Å². The summed E-state index contributed by atoms with van der Waals surface area (Å²) in [6.45, 7) is 11.2. The van der Waals surface area contributed by atoms with Crippen LogP contribution in [0.3, 0.4) is 0 Å². The second kappa shape index (κ2) is 3.01. The zero-order valence-corrected chi connectivity index (χ0v) is 10.4. The number of fused-ring (bicyclic) bond motifs is 1.